The molecule has 0 radical (unpaired) electrons. The van der Waals surface area contributed by atoms with Crippen LogP contribution in [-0.4, -0.2) is 18.2 Å². The molecule has 0 fully saturated rings. The van der Waals surface area contributed by atoms with Gasteiger partial charge in [0, 0.05) is 5.56 Å². The predicted molar refractivity (Wildman–Crippen MR) is 93.2 cm³/mol. The highest BCUT2D eigenvalue weighted by molar-refractivity contribution is 6.00. The minimum Gasteiger partial charge on any atom is -0.496 e. The summed E-state index contributed by atoms with van der Waals surface area (Å²) in [6, 6.07) is 4.07. The average Bonchev–Trinajstić information content (AvgIpc) is 2.55. The molecule has 0 aliphatic rings. The Morgan fingerprint density at radius 1 is 1.26 bits per heavy atom. The van der Waals surface area contributed by atoms with Gasteiger partial charge in [0.15, 0.2) is 0 Å². The maximum absolute atomic E-state index is 13.4. The average molecular weight is 322 g/mol. The Bertz CT molecular complexity index is 558. The molecule has 0 saturated heterocycles. The number of ether oxygens (including phenoxy) is 1. The second kappa shape index (κ2) is 11.5. The number of methoxy groups -OCH3 is 1. The van der Waals surface area contributed by atoms with Crippen LogP contribution in [0.25, 0.3) is 5.57 Å². The summed E-state index contributed by atoms with van der Waals surface area (Å²) in [5.74, 6) is -1.00. The number of carbonyl (C=O) groups is 1. The van der Waals surface area contributed by atoms with Gasteiger partial charge in [-0.2, -0.15) is 0 Å². The molecule has 0 unspecified atom stereocenters. The Labute approximate surface area is 138 Å². The number of aliphatic carboxylic acids is 1. The quantitative estimate of drug-likeness (QED) is 0.558. The highest BCUT2D eigenvalue weighted by atomic mass is 19.1. The topological polar surface area (TPSA) is 46.5 Å². The van der Waals surface area contributed by atoms with Crippen LogP contribution in [0.5, 0.6) is 5.75 Å². The van der Waals surface area contributed by atoms with E-state index in [1.54, 1.807) is 13.0 Å². The number of carboxylic acids is 1. The third-order valence-electron chi connectivity index (χ3n) is 3.23. The molecule has 1 rings (SSSR count). The molecule has 0 heterocycles. The van der Waals surface area contributed by atoms with E-state index in [1.807, 2.05) is 6.92 Å². The lowest BCUT2D eigenvalue weighted by Gasteiger charge is -2.13. The third-order valence-corrected chi connectivity index (χ3v) is 3.23. The number of hydrogen-bond acceptors (Lipinski definition) is 2. The van der Waals surface area contributed by atoms with Gasteiger partial charge in [-0.3, -0.25) is 0 Å². The molecule has 128 valence electrons. The molecule has 1 N–H and O–H groups in total. The third kappa shape index (κ3) is 6.68. The van der Waals surface area contributed by atoms with Crippen LogP contribution in [-0.2, 0) is 4.79 Å². The maximum Gasteiger partial charge on any atom is 0.335 e. The van der Waals surface area contributed by atoms with Gasteiger partial charge in [0.05, 0.1) is 12.7 Å². The van der Waals surface area contributed by atoms with Crippen LogP contribution in [0.2, 0.25) is 0 Å². The Balaban J connectivity index is 0.00000108. The summed E-state index contributed by atoms with van der Waals surface area (Å²) in [5, 5.41) is 9.26. The molecule has 0 aliphatic carbocycles. The molecule has 0 atom stereocenters. The first-order chi connectivity index (χ1) is 11.0. The summed E-state index contributed by atoms with van der Waals surface area (Å²) in [5.41, 5.74) is 1.16. The van der Waals surface area contributed by atoms with Gasteiger partial charge in [0.2, 0.25) is 0 Å². The normalized spacial score (nSPS) is 11.6. The Kier molecular flexibility index (Phi) is 10.4. The smallest absolute Gasteiger partial charge is 0.335 e. The van der Waals surface area contributed by atoms with Gasteiger partial charge in [0.25, 0.3) is 0 Å². The molecular formula is C19H27FO3. The number of hydrogen-bond donors (Lipinski definition) is 1. The van der Waals surface area contributed by atoms with Gasteiger partial charge in [-0.05, 0) is 37.1 Å². The fraction of sp³-hybridized carbons (Fsp3) is 0.421. The monoisotopic (exact) mass is 322 g/mol. The molecule has 3 nitrogen and oxygen atoms in total. The molecule has 23 heavy (non-hydrogen) atoms. The minimum atomic E-state index is -1.04. The van der Waals surface area contributed by atoms with E-state index < -0.39 is 11.8 Å². The number of halogens is 1. The number of carboxylic acid groups (broad SMARTS) is 1. The van der Waals surface area contributed by atoms with Crippen LogP contribution in [0.4, 0.5) is 4.39 Å². The lowest BCUT2D eigenvalue weighted by Crippen LogP contribution is -2.03. The van der Waals surface area contributed by atoms with E-state index in [4.69, 9.17) is 4.74 Å². The standard InChI is InChI=1S/C15H17FO3.C4H10/c1-4-6-12(15(17)18)11(5-2)13-9-10(16)7-8-14(13)19-3;1-3-4-2/h4,6-9H,5H2,1-3H3,(H,17,18);3-4H2,1-2H3/b6-4-,12-11-;. The summed E-state index contributed by atoms with van der Waals surface area (Å²) in [6.45, 7) is 7.92. The Hall–Kier alpha value is -2.10. The SMILES string of the molecule is C/C=C\C(C(=O)O)=C(/CC)c1cc(F)ccc1OC.CCCC. The van der Waals surface area contributed by atoms with Gasteiger partial charge < -0.3 is 9.84 Å². The first-order valence-corrected chi connectivity index (χ1v) is 7.89. The molecule has 4 heteroatoms. The van der Waals surface area contributed by atoms with Gasteiger partial charge in [-0.1, -0.05) is 45.8 Å². The van der Waals surface area contributed by atoms with E-state index >= 15 is 0 Å². The van der Waals surface area contributed by atoms with Crippen molar-refractivity contribution in [1.82, 2.24) is 0 Å². The molecule has 0 aromatic heterocycles. The zero-order valence-electron chi connectivity index (χ0n) is 14.6. The van der Waals surface area contributed by atoms with Gasteiger partial charge >= 0.3 is 5.97 Å². The van der Waals surface area contributed by atoms with Crippen LogP contribution in [0.1, 0.15) is 52.5 Å². The summed E-state index contributed by atoms with van der Waals surface area (Å²) >= 11 is 0. The van der Waals surface area contributed by atoms with Crippen molar-refractivity contribution >= 4 is 11.5 Å². The van der Waals surface area contributed by atoms with Crippen molar-refractivity contribution in [1.29, 1.82) is 0 Å². The number of unbranched alkanes of at least 4 members (excludes halogenated alkanes) is 1. The van der Waals surface area contributed by atoms with E-state index in [2.05, 4.69) is 13.8 Å². The molecule has 0 aliphatic heterocycles. The largest absolute Gasteiger partial charge is 0.496 e. The predicted octanol–water partition coefficient (Wildman–Crippen LogP) is 5.47. The molecule has 1 aromatic carbocycles. The second-order valence-corrected chi connectivity index (χ2v) is 4.90. The van der Waals surface area contributed by atoms with E-state index in [9.17, 15) is 14.3 Å². The summed E-state index contributed by atoms with van der Waals surface area (Å²) in [7, 11) is 1.47. The Morgan fingerprint density at radius 3 is 2.26 bits per heavy atom. The fourth-order valence-corrected chi connectivity index (χ4v) is 1.91. The lowest BCUT2D eigenvalue weighted by atomic mass is 9.96. The minimum absolute atomic E-state index is 0.147. The van der Waals surface area contributed by atoms with Crippen LogP contribution < -0.4 is 4.74 Å². The van der Waals surface area contributed by atoms with Crippen molar-refractivity contribution in [2.45, 2.75) is 47.0 Å². The highest BCUT2D eigenvalue weighted by Crippen LogP contribution is 2.31. The van der Waals surface area contributed by atoms with Crippen molar-refractivity contribution in [3.8, 4) is 5.75 Å². The zero-order valence-corrected chi connectivity index (χ0v) is 14.6. The van der Waals surface area contributed by atoms with E-state index in [0.717, 1.165) is 0 Å². The van der Waals surface area contributed by atoms with Gasteiger partial charge in [-0.15, -0.1) is 0 Å². The molecule has 0 saturated carbocycles. The fourth-order valence-electron chi connectivity index (χ4n) is 1.91. The summed E-state index contributed by atoms with van der Waals surface area (Å²) < 4.78 is 18.6. The van der Waals surface area contributed by atoms with E-state index in [1.165, 1.54) is 44.2 Å². The van der Waals surface area contributed by atoms with Crippen molar-refractivity contribution in [3.63, 3.8) is 0 Å². The summed E-state index contributed by atoms with van der Waals surface area (Å²) in [4.78, 5) is 11.3. The number of benzene rings is 1. The first kappa shape index (κ1) is 20.9. The van der Waals surface area contributed by atoms with E-state index in [0.29, 0.717) is 23.3 Å². The molecule has 0 spiro atoms. The highest BCUT2D eigenvalue weighted by Gasteiger charge is 2.16. The molecule has 0 amide bonds. The first-order valence-electron chi connectivity index (χ1n) is 7.89. The van der Waals surface area contributed by atoms with E-state index in [-0.39, 0.29) is 5.57 Å². The van der Waals surface area contributed by atoms with Crippen molar-refractivity contribution in [2.24, 2.45) is 0 Å². The number of rotatable bonds is 6. The van der Waals surface area contributed by atoms with Gasteiger partial charge in [-0.25, -0.2) is 9.18 Å². The maximum atomic E-state index is 13.4. The molecular weight excluding hydrogens is 295 g/mol. The van der Waals surface area contributed by atoms with Crippen molar-refractivity contribution in [2.75, 3.05) is 7.11 Å². The van der Waals surface area contributed by atoms with Crippen LogP contribution >= 0.6 is 0 Å². The molecule has 0 bridgehead atoms. The Morgan fingerprint density at radius 2 is 1.87 bits per heavy atom. The molecule has 1 aromatic rings. The summed E-state index contributed by atoms with van der Waals surface area (Å²) in [6.07, 6.45) is 6.25. The van der Waals surface area contributed by atoms with Crippen LogP contribution in [0.3, 0.4) is 0 Å². The van der Waals surface area contributed by atoms with Crippen molar-refractivity contribution < 1.29 is 19.0 Å². The second-order valence-electron chi connectivity index (χ2n) is 4.90. The van der Waals surface area contributed by atoms with Gasteiger partial charge in [0.1, 0.15) is 11.6 Å². The van der Waals surface area contributed by atoms with Crippen molar-refractivity contribution in [3.05, 3.63) is 47.3 Å². The van der Waals surface area contributed by atoms with Crippen LogP contribution in [0, 0.1) is 5.82 Å². The van der Waals surface area contributed by atoms with Crippen LogP contribution in [0.15, 0.2) is 35.9 Å². The zero-order chi connectivity index (χ0) is 17.8. The number of allylic oxidation sites excluding steroid dienone is 2. The lowest BCUT2D eigenvalue weighted by molar-refractivity contribution is -0.132.